The van der Waals surface area contributed by atoms with Gasteiger partial charge in [0.15, 0.2) is 0 Å². The van der Waals surface area contributed by atoms with Crippen LogP contribution in [0.15, 0.2) is 29.4 Å². The van der Waals surface area contributed by atoms with Gasteiger partial charge in [-0.05, 0) is 44.9 Å². The first-order chi connectivity index (χ1) is 13.9. The number of hydrogen-bond acceptors (Lipinski definition) is 4. The van der Waals surface area contributed by atoms with Crippen molar-refractivity contribution in [2.45, 2.75) is 32.8 Å². The summed E-state index contributed by atoms with van der Waals surface area (Å²) in [5.41, 5.74) is 5.57. The molecule has 2 N–H and O–H groups in total. The Morgan fingerprint density at radius 2 is 2.10 bits per heavy atom. The quantitative estimate of drug-likeness (QED) is 0.428. The van der Waals surface area contributed by atoms with Crippen molar-refractivity contribution in [3.05, 3.63) is 51.3 Å². The minimum Gasteiger partial charge on any atom is -0.376 e. The number of hydrazone groups is 1. The third kappa shape index (κ3) is 4.98. The molecule has 2 heterocycles. The van der Waals surface area contributed by atoms with Gasteiger partial charge in [0.05, 0.1) is 28.1 Å². The van der Waals surface area contributed by atoms with E-state index in [0.717, 1.165) is 35.5 Å². The van der Waals surface area contributed by atoms with E-state index in [1.165, 1.54) is 6.21 Å². The maximum absolute atomic E-state index is 11.9. The second-order valence-corrected chi connectivity index (χ2v) is 7.56. The van der Waals surface area contributed by atoms with Crippen molar-refractivity contribution >= 4 is 41.2 Å². The summed E-state index contributed by atoms with van der Waals surface area (Å²) in [6, 6.07) is 7.32. The van der Waals surface area contributed by atoms with Gasteiger partial charge in [0, 0.05) is 30.1 Å². The molecule has 2 aromatic rings. The molecule has 2 amide bonds. The lowest BCUT2D eigenvalue weighted by atomic mass is 10.2. The molecule has 7 nitrogen and oxygen atoms in total. The fourth-order valence-corrected chi connectivity index (χ4v) is 3.64. The largest absolute Gasteiger partial charge is 0.376 e. The van der Waals surface area contributed by atoms with Gasteiger partial charge in [-0.3, -0.25) is 9.59 Å². The fraction of sp³-hybridized carbons (Fsp3) is 0.350. The Labute approximate surface area is 179 Å². The van der Waals surface area contributed by atoms with Crippen LogP contribution in [0.2, 0.25) is 10.0 Å². The Balaban J connectivity index is 1.64. The summed E-state index contributed by atoms with van der Waals surface area (Å²) in [5, 5.41) is 7.37. The zero-order chi connectivity index (χ0) is 21.0. The smallest absolute Gasteiger partial charge is 0.329 e. The minimum atomic E-state index is -0.828. The number of aryl methyl sites for hydroxylation is 1. The van der Waals surface area contributed by atoms with Gasteiger partial charge in [0.25, 0.3) is 0 Å². The molecule has 1 aromatic heterocycles. The Morgan fingerprint density at radius 1 is 1.31 bits per heavy atom. The molecule has 3 rings (SSSR count). The second-order valence-electron chi connectivity index (χ2n) is 6.78. The average Bonchev–Trinajstić information content (AvgIpc) is 3.30. The highest BCUT2D eigenvalue weighted by molar-refractivity contribution is 6.43. The number of hydrogen-bond donors (Lipinski definition) is 2. The van der Waals surface area contributed by atoms with Crippen LogP contribution in [-0.4, -0.2) is 41.9 Å². The molecule has 0 radical (unpaired) electrons. The Bertz CT molecular complexity index is 949. The van der Waals surface area contributed by atoms with Crippen LogP contribution in [0.3, 0.4) is 0 Å². The zero-order valence-electron chi connectivity index (χ0n) is 16.2. The third-order valence-corrected chi connectivity index (χ3v) is 5.54. The summed E-state index contributed by atoms with van der Waals surface area (Å²) in [4.78, 5) is 23.7. The molecule has 0 aliphatic carbocycles. The molecule has 0 saturated carbocycles. The first-order valence-corrected chi connectivity index (χ1v) is 10.00. The summed E-state index contributed by atoms with van der Waals surface area (Å²) in [7, 11) is 0. The first-order valence-electron chi connectivity index (χ1n) is 9.24. The Kier molecular flexibility index (Phi) is 6.95. The number of aromatic nitrogens is 1. The molecule has 1 fully saturated rings. The topological polar surface area (TPSA) is 84.7 Å². The van der Waals surface area contributed by atoms with Crippen molar-refractivity contribution in [2.75, 3.05) is 13.2 Å². The van der Waals surface area contributed by atoms with Gasteiger partial charge in [-0.2, -0.15) is 5.10 Å². The number of halogens is 2. The van der Waals surface area contributed by atoms with Gasteiger partial charge in [-0.25, -0.2) is 5.43 Å². The van der Waals surface area contributed by atoms with Crippen LogP contribution in [0.5, 0.6) is 0 Å². The van der Waals surface area contributed by atoms with E-state index in [-0.39, 0.29) is 6.10 Å². The first kappa shape index (κ1) is 21.4. The minimum absolute atomic E-state index is 0.0287. The lowest BCUT2D eigenvalue weighted by Crippen LogP contribution is -2.41. The van der Waals surface area contributed by atoms with Crippen molar-refractivity contribution < 1.29 is 14.3 Å². The number of benzene rings is 1. The van der Waals surface area contributed by atoms with E-state index < -0.39 is 11.8 Å². The van der Waals surface area contributed by atoms with Crippen molar-refractivity contribution in [3.8, 4) is 5.69 Å². The fourth-order valence-electron chi connectivity index (χ4n) is 3.26. The van der Waals surface area contributed by atoms with Crippen molar-refractivity contribution in [1.29, 1.82) is 0 Å². The van der Waals surface area contributed by atoms with Crippen LogP contribution in [-0.2, 0) is 14.3 Å². The molecule has 9 heteroatoms. The van der Waals surface area contributed by atoms with E-state index in [0.29, 0.717) is 23.2 Å². The number of nitrogens with zero attached hydrogens (tertiary/aromatic N) is 2. The van der Waals surface area contributed by atoms with Gasteiger partial charge in [-0.1, -0.05) is 29.3 Å². The summed E-state index contributed by atoms with van der Waals surface area (Å²) >= 11 is 12.5. The monoisotopic (exact) mass is 436 g/mol. The number of carbonyl (C=O) groups excluding carboxylic acids is 2. The standard InChI is InChI=1S/C20H22Cl2N4O3/c1-12-9-14(13(2)26(12)17-7-3-6-16(21)18(17)22)10-24-25-20(28)19(27)23-11-15-5-4-8-29-15/h3,6-7,9-10,15H,4-5,8,11H2,1-2H3,(H,23,27)(H,25,28)/b24-10-/t15-/m0/s1. The summed E-state index contributed by atoms with van der Waals surface area (Å²) in [6.07, 6.45) is 3.31. The van der Waals surface area contributed by atoms with E-state index in [9.17, 15) is 9.59 Å². The van der Waals surface area contributed by atoms with Crippen LogP contribution < -0.4 is 10.7 Å². The molecule has 154 valence electrons. The second kappa shape index (κ2) is 9.43. The summed E-state index contributed by atoms with van der Waals surface area (Å²) < 4.78 is 7.36. The molecule has 1 saturated heterocycles. The normalized spacial score (nSPS) is 16.3. The van der Waals surface area contributed by atoms with Crippen molar-refractivity contribution in [1.82, 2.24) is 15.3 Å². The van der Waals surface area contributed by atoms with Crippen LogP contribution in [0.25, 0.3) is 5.69 Å². The molecule has 0 unspecified atom stereocenters. The van der Waals surface area contributed by atoms with Crippen molar-refractivity contribution in [3.63, 3.8) is 0 Å². The number of rotatable bonds is 5. The molecule has 1 aliphatic heterocycles. The summed E-state index contributed by atoms with van der Waals surface area (Å²) in [5.74, 6) is -1.57. The molecular weight excluding hydrogens is 415 g/mol. The van der Waals surface area contributed by atoms with Gasteiger partial charge >= 0.3 is 11.8 Å². The SMILES string of the molecule is Cc1cc(/C=N\NC(=O)C(=O)NC[C@@H]2CCCO2)c(C)n1-c1cccc(Cl)c1Cl. The Morgan fingerprint density at radius 3 is 2.83 bits per heavy atom. The van der Waals surface area contributed by atoms with Gasteiger partial charge in [0.2, 0.25) is 0 Å². The molecule has 1 atom stereocenters. The number of nitrogens with one attached hydrogen (secondary N) is 2. The van der Waals surface area contributed by atoms with Gasteiger partial charge in [-0.15, -0.1) is 0 Å². The van der Waals surface area contributed by atoms with Gasteiger partial charge < -0.3 is 14.6 Å². The molecule has 0 bridgehead atoms. The number of carbonyl (C=O) groups is 2. The average molecular weight is 437 g/mol. The third-order valence-electron chi connectivity index (χ3n) is 4.73. The predicted molar refractivity (Wildman–Crippen MR) is 113 cm³/mol. The van der Waals surface area contributed by atoms with Gasteiger partial charge in [0.1, 0.15) is 0 Å². The van der Waals surface area contributed by atoms with Crippen LogP contribution in [0.1, 0.15) is 29.8 Å². The molecular formula is C20H22Cl2N4O3. The lowest BCUT2D eigenvalue weighted by Gasteiger charge is -2.12. The van der Waals surface area contributed by atoms with E-state index >= 15 is 0 Å². The molecule has 1 aromatic carbocycles. The maximum atomic E-state index is 11.9. The van der Waals surface area contributed by atoms with Crippen LogP contribution in [0.4, 0.5) is 0 Å². The number of amides is 2. The highest BCUT2D eigenvalue weighted by atomic mass is 35.5. The maximum Gasteiger partial charge on any atom is 0.329 e. The van der Waals surface area contributed by atoms with E-state index in [1.807, 2.05) is 36.6 Å². The Hall–Kier alpha value is -2.35. The van der Waals surface area contributed by atoms with E-state index in [1.54, 1.807) is 6.07 Å². The number of ether oxygens (including phenoxy) is 1. The molecule has 29 heavy (non-hydrogen) atoms. The van der Waals surface area contributed by atoms with Crippen LogP contribution in [0, 0.1) is 13.8 Å². The van der Waals surface area contributed by atoms with E-state index in [2.05, 4.69) is 15.8 Å². The van der Waals surface area contributed by atoms with Crippen LogP contribution >= 0.6 is 23.2 Å². The molecule has 1 aliphatic rings. The van der Waals surface area contributed by atoms with Crippen molar-refractivity contribution in [2.24, 2.45) is 5.10 Å². The van der Waals surface area contributed by atoms with E-state index in [4.69, 9.17) is 27.9 Å². The predicted octanol–water partition coefficient (Wildman–Crippen LogP) is 3.15. The molecule has 0 spiro atoms. The highest BCUT2D eigenvalue weighted by Crippen LogP contribution is 2.31. The summed E-state index contributed by atoms with van der Waals surface area (Å²) in [6.45, 7) is 4.84. The lowest BCUT2D eigenvalue weighted by molar-refractivity contribution is -0.139. The zero-order valence-corrected chi connectivity index (χ0v) is 17.7. The highest BCUT2D eigenvalue weighted by Gasteiger charge is 2.19.